The molecule has 0 bridgehead atoms. The minimum Gasteiger partial charge on any atom is -0.481 e. The van der Waals surface area contributed by atoms with Crippen molar-refractivity contribution in [2.75, 3.05) is 0 Å². The van der Waals surface area contributed by atoms with Gasteiger partial charge in [-0.25, -0.2) is 4.79 Å². The van der Waals surface area contributed by atoms with Crippen LogP contribution < -0.4 is 5.32 Å². The highest BCUT2D eigenvalue weighted by Gasteiger charge is 2.38. The molecule has 2 N–H and O–H groups in total. The molecule has 2 atom stereocenters. The summed E-state index contributed by atoms with van der Waals surface area (Å²) in [7, 11) is 0. The SMILES string of the molecule is CC(C)(C)[C@H](CC(=O)[C@@H](NC(=O)OC1CCCC1)C1CCCCC1)C(=O)O. The molecule has 0 spiro atoms. The predicted molar refractivity (Wildman–Crippen MR) is 102 cm³/mol. The van der Waals surface area contributed by atoms with Gasteiger partial charge < -0.3 is 15.2 Å². The number of alkyl carbamates (subject to hydrolysis) is 1. The van der Waals surface area contributed by atoms with Gasteiger partial charge in [-0.05, 0) is 49.9 Å². The Labute approximate surface area is 162 Å². The second-order valence-electron chi connectivity index (χ2n) is 9.26. The number of hydrogen-bond donors (Lipinski definition) is 2. The van der Waals surface area contributed by atoms with E-state index in [1.165, 1.54) is 0 Å². The van der Waals surface area contributed by atoms with Gasteiger partial charge in [0.2, 0.25) is 0 Å². The number of ketones is 1. The Morgan fingerprint density at radius 3 is 2.07 bits per heavy atom. The number of ether oxygens (including phenoxy) is 1. The first-order valence-corrected chi connectivity index (χ1v) is 10.4. The number of nitrogens with one attached hydrogen (secondary N) is 1. The van der Waals surface area contributed by atoms with Crippen LogP contribution in [0, 0.1) is 17.3 Å². The number of hydrogen-bond acceptors (Lipinski definition) is 4. The minimum atomic E-state index is -0.966. The standard InChI is InChI=1S/C21H35NO5/c1-21(2,3)16(19(24)25)13-17(23)18(14-9-5-4-6-10-14)22-20(26)27-15-11-7-8-12-15/h14-16,18H,4-13H2,1-3H3,(H,22,26)(H,24,25)/t16-,18+/m1/s1. The largest absolute Gasteiger partial charge is 0.481 e. The summed E-state index contributed by atoms with van der Waals surface area (Å²) in [6.45, 7) is 5.49. The van der Waals surface area contributed by atoms with Crippen molar-refractivity contribution in [1.82, 2.24) is 5.32 Å². The molecule has 2 aliphatic rings. The van der Waals surface area contributed by atoms with Crippen LogP contribution >= 0.6 is 0 Å². The molecule has 0 heterocycles. The molecule has 154 valence electrons. The fourth-order valence-corrected chi connectivity index (χ4v) is 4.34. The summed E-state index contributed by atoms with van der Waals surface area (Å²) in [5.41, 5.74) is -0.525. The lowest BCUT2D eigenvalue weighted by Gasteiger charge is -2.32. The molecule has 2 aliphatic carbocycles. The highest BCUT2D eigenvalue weighted by atomic mass is 16.6. The van der Waals surface area contributed by atoms with Crippen molar-refractivity contribution in [3.05, 3.63) is 0 Å². The number of aliphatic carboxylic acids is 1. The topological polar surface area (TPSA) is 92.7 Å². The van der Waals surface area contributed by atoms with Crippen molar-refractivity contribution in [1.29, 1.82) is 0 Å². The molecule has 2 fully saturated rings. The zero-order valence-corrected chi connectivity index (χ0v) is 17.0. The third-order valence-corrected chi connectivity index (χ3v) is 6.07. The third kappa shape index (κ3) is 6.51. The van der Waals surface area contributed by atoms with Crippen LogP contribution in [0.2, 0.25) is 0 Å². The maximum Gasteiger partial charge on any atom is 0.408 e. The van der Waals surface area contributed by atoms with Gasteiger partial charge in [0.05, 0.1) is 12.0 Å². The van der Waals surface area contributed by atoms with Crippen molar-refractivity contribution >= 4 is 17.8 Å². The normalized spacial score (nSPS) is 21.4. The fourth-order valence-electron chi connectivity index (χ4n) is 4.34. The van der Waals surface area contributed by atoms with Crippen LogP contribution in [0.4, 0.5) is 4.79 Å². The number of carboxylic acid groups (broad SMARTS) is 1. The number of carbonyl (C=O) groups excluding carboxylic acids is 2. The second kappa shape index (κ2) is 9.56. The zero-order valence-electron chi connectivity index (χ0n) is 17.0. The maximum absolute atomic E-state index is 13.0. The Morgan fingerprint density at radius 2 is 1.56 bits per heavy atom. The molecule has 6 nitrogen and oxygen atoms in total. The first-order chi connectivity index (χ1) is 12.7. The Bertz CT molecular complexity index is 527. The van der Waals surface area contributed by atoms with E-state index < -0.39 is 29.4 Å². The molecule has 2 saturated carbocycles. The van der Waals surface area contributed by atoms with Crippen LogP contribution in [0.5, 0.6) is 0 Å². The van der Waals surface area contributed by atoms with Crippen molar-refractivity contribution in [3.63, 3.8) is 0 Å². The van der Waals surface area contributed by atoms with Crippen LogP contribution in [0.3, 0.4) is 0 Å². The molecule has 0 unspecified atom stereocenters. The second-order valence-corrected chi connectivity index (χ2v) is 9.26. The molecule has 0 aliphatic heterocycles. The average molecular weight is 382 g/mol. The smallest absolute Gasteiger partial charge is 0.408 e. The van der Waals surface area contributed by atoms with E-state index in [1.54, 1.807) is 0 Å². The summed E-state index contributed by atoms with van der Waals surface area (Å²) >= 11 is 0. The van der Waals surface area contributed by atoms with Crippen molar-refractivity contribution in [3.8, 4) is 0 Å². The Kier molecular flexibility index (Phi) is 7.68. The maximum atomic E-state index is 13.0. The summed E-state index contributed by atoms with van der Waals surface area (Å²) in [4.78, 5) is 37.1. The zero-order chi connectivity index (χ0) is 20.0. The van der Waals surface area contributed by atoms with Gasteiger partial charge in [0.25, 0.3) is 0 Å². The Hall–Kier alpha value is -1.59. The summed E-state index contributed by atoms with van der Waals surface area (Å²) in [6.07, 6.45) is 8.20. The number of rotatable bonds is 7. The van der Waals surface area contributed by atoms with Crippen LogP contribution in [0.15, 0.2) is 0 Å². The number of amides is 1. The van der Waals surface area contributed by atoms with E-state index >= 15 is 0 Å². The molecule has 27 heavy (non-hydrogen) atoms. The highest BCUT2D eigenvalue weighted by molar-refractivity contribution is 5.90. The average Bonchev–Trinajstić information content (AvgIpc) is 3.09. The van der Waals surface area contributed by atoms with E-state index in [2.05, 4.69) is 5.32 Å². The summed E-state index contributed by atoms with van der Waals surface area (Å²) in [6, 6.07) is -0.650. The van der Waals surface area contributed by atoms with E-state index in [-0.39, 0.29) is 24.2 Å². The molecular weight excluding hydrogens is 346 g/mol. The van der Waals surface area contributed by atoms with Gasteiger partial charge in [-0.2, -0.15) is 0 Å². The number of carboxylic acids is 1. The Balaban J connectivity index is 2.06. The fraction of sp³-hybridized carbons (Fsp3) is 0.857. The third-order valence-electron chi connectivity index (χ3n) is 6.07. The Morgan fingerprint density at radius 1 is 1.00 bits per heavy atom. The molecule has 0 aromatic carbocycles. The monoisotopic (exact) mass is 381 g/mol. The summed E-state index contributed by atoms with van der Waals surface area (Å²) < 4.78 is 5.48. The van der Waals surface area contributed by atoms with E-state index in [0.29, 0.717) is 0 Å². The van der Waals surface area contributed by atoms with Crippen molar-refractivity contribution in [2.45, 2.75) is 97.1 Å². The van der Waals surface area contributed by atoms with Gasteiger partial charge in [-0.15, -0.1) is 0 Å². The quantitative estimate of drug-likeness (QED) is 0.685. The van der Waals surface area contributed by atoms with Gasteiger partial charge in [0.15, 0.2) is 5.78 Å². The molecule has 1 amide bonds. The lowest BCUT2D eigenvalue weighted by molar-refractivity contribution is -0.148. The lowest BCUT2D eigenvalue weighted by Crippen LogP contribution is -2.48. The molecule has 2 rings (SSSR count). The molecule has 6 heteroatoms. The van der Waals surface area contributed by atoms with E-state index in [0.717, 1.165) is 57.8 Å². The van der Waals surface area contributed by atoms with Crippen LogP contribution in [0.1, 0.15) is 85.0 Å². The van der Waals surface area contributed by atoms with Crippen molar-refractivity contribution < 1.29 is 24.2 Å². The van der Waals surface area contributed by atoms with Gasteiger partial charge in [0, 0.05) is 6.42 Å². The molecule has 0 aromatic heterocycles. The van der Waals surface area contributed by atoms with Crippen LogP contribution in [-0.4, -0.2) is 35.1 Å². The van der Waals surface area contributed by atoms with E-state index in [4.69, 9.17) is 4.74 Å². The van der Waals surface area contributed by atoms with Gasteiger partial charge in [-0.1, -0.05) is 40.0 Å². The van der Waals surface area contributed by atoms with Gasteiger partial charge >= 0.3 is 12.1 Å². The highest BCUT2D eigenvalue weighted by Crippen LogP contribution is 2.32. The number of carbonyl (C=O) groups is 3. The van der Waals surface area contributed by atoms with Crippen molar-refractivity contribution in [2.24, 2.45) is 17.3 Å². The van der Waals surface area contributed by atoms with Gasteiger partial charge in [0.1, 0.15) is 6.10 Å². The lowest BCUT2D eigenvalue weighted by atomic mass is 9.75. The number of Topliss-reactive ketones (excluding diaryl/α,β-unsaturated/α-hetero) is 1. The van der Waals surface area contributed by atoms with Gasteiger partial charge in [-0.3, -0.25) is 9.59 Å². The molecule has 0 aromatic rings. The summed E-state index contributed by atoms with van der Waals surface area (Å²) in [5.74, 6) is -1.86. The molecule has 0 saturated heterocycles. The van der Waals surface area contributed by atoms with Crippen LogP contribution in [-0.2, 0) is 14.3 Å². The summed E-state index contributed by atoms with van der Waals surface area (Å²) in [5, 5.41) is 12.4. The van der Waals surface area contributed by atoms with Crippen LogP contribution in [0.25, 0.3) is 0 Å². The minimum absolute atomic E-state index is 0.0616. The molecular formula is C21H35NO5. The first kappa shape index (κ1) is 21.7. The first-order valence-electron chi connectivity index (χ1n) is 10.4. The molecule has 0 radical (unpaired) electrons. The predicted octanol–water partition coefficient (Wildman–Crippen LogP) is 4.31. The van der Waals surface area contributed by atoms with E-state index in [1.807, 2.05) is 20.8 Å². The van der Waals surface area contributed by atoms with E-state index in [9.17, 15) is 19.5 Å².